The van der Waals surface area contributed by atoms with Gasteiger partial charge in [0.05, 0.1) is 0 Å². The zero-order valence-corrected chi connectivity index (χ0v) is 42.3. The van der Waals surface area contributed by atoms with E-state index in [4.69, 9.17) is 0 Å². The molecule has 0 atom stereocenters. The second-order valence-corrected chi connectivity index (χ2v) is 25.2. The molecule has 0 N–H and O–H groups in total. The minimum absolute atomic E-state index is 0.0277. The van der Waals surface area contributed by atoms with E-state index in [9.17, 15) is 0 Å². The summed E-state index contributed by atoms with van der Waals surface area (Å²) in [5.74, 6) is 0. The SMILES string of the molecule is Cc1cc2c3c(c1)N(c1cc(C(C)(C)C)cc(C(C)(C)C)c1)c1cc4c(cc1B3c1ccc(-c3ccccc3)cc1N2c1cc(C(C)(C)C)cc(C(C)(C)C)c1)C(C)(C)CCC4(C)C. The fraction of sp³-hybridized carbons (Fsp3) is 0.410. The quantitative estimate of drug-likeness (QED) is 0.164. The van der Waals surface area contributed by atoms with Gasteiger partial charge in [-0.05, 0) is 167 Å². The molecule has 2 aliphatic heterocycles. The fourth-order valence-electron chi connectivity index (χ4n) is 10.8. The Morgan fingerprint density at radius 1 is 0.422 bits per heavy atom. The molecule has 0 amide bonds. The maximum atomic E-state index is 2.69. The first-order chi connectivity index (χ1) is 29.6. The second-order valence-electron chi connectivity index (χ2n) is 25.2. The van der Waals surface area contributed by atoms with Crippen molar-refractivity contribution in [2.24, 2.45) is 0 Å². The summed E-state index contributed by atoms with van der Waals surface area (Å²) in [5.41, 5.74) is 24.0. The van der Waals surface area contributed by atoms with Crippen molar-refractivity contribution in [2.75, 3.05) is 9.80 Å². The summed E-state index contributed by atoms with van der Waals surface area (Å²) < 4.78 is 0. The predicted molar refractivity (Wildman–Crippen MR) is 281 cm³/mol. The maximum Gasteiger partial charge on any atom is 0.252 e. The van der Waals surface area contributed by atoms with Crippen LogP contribution in [0.25, 0.3) is 11.1 Å². The monoisotopic (exact) mass is 845 g/mol. The molecular formula is C61H73BN2. The van der Waals surface area contributed by atoms with Gasteiger partial charge < -0.3 is 9.80 Å². The Morgan fingerprint density at radius 2 is 0.844 bits per heavy atom. The van der Waals surface area contributed by atoms with Gasteiger partial charge in [0.15, 0.2) is 0 Å². The smallest absolute Gasteiger partial charge is 0.252 e. The summed E-state index contributed by atoms with van der Waals surface area (Å²) in [4.78, 5) is 5.34. The highest BCUT2D eigenvalue weighted by molar-refractivity contribution is 7.00. The molecule has 330 valence electrons. The minimum Gasteiger partial charge on any atom is -0.311 e. The van der Waals surface area contributed by atoms with Crippen molar-refractivity contribution in [3.05, 3.63) is 148 Å². The summed E-state index contributed by atoms with van der Waals surface area (Å²) in [6.45, 7) is 40.6. The number of anilines is 6. The van der Waals surface area contributed by atoms with Crippen molar-refractivity contribution < 1.29 is 0 Å². The number of fused-ring (bicyclic) bond motifs is 5. The highest BCUT2D eigenvalue weighted by Crippen LogP contribution is 2.52. The molecule has 9 rings (SSSR count). The molecule has 0 saturated heterocycles. The van der Waals surface area contributed by atoms with Crippen LogP contribution in [0.2, 0.25) is 0 Å². The zero-order chi connectivity index (χ0) is 46.3. The summed E-state index contributed by atoms with van der Waals surface area (Å²) in [5, 5.41) is 0. The number of hydrogen-bond acceptors (Lipinski definition) is 2. The molecule has 1 aliphatic carbocycles. The first kappa shape index (κ1) is 44.2. The van der Waals surface area contributed by atoms with Crippen molar-refractivity contribution in [3.63, 3.8) is 0 Å². The third-order valence-electron chi connectivity index (χ3n) is 15.1. The molecule has 3 heteroatoms. The van der Waals surface area contributed by atoms with Gasteiger partial charge in [0.2, 0.25) is 0 Å². The molecule has 6 aromatic rings. The minimum atomic E-state index is -0.0344. The largest absolute Gasteiger partial charge is 0.311 e. The molecule has 0 spiro atoms. The summed E-state index contributed by atoms with van der Waals surface area (Å²) in [6, 6.07) is 43.5. The molecule has 2 nitrogen and oxygen atoms in total. The van der Waals surface area contributed by atoms with E-state index in [-0.39, 0.29) is 39.2 Å². The van der Waals surface area contributed by atoms with Crippen molar-refractivity contribution in [1.29, 1.82) is 0 Å². The third-order valence-corrected chi connectivity index (χ3v) is 15.1. The van der Waals surface area contributed by atoms with Crippen molar-refractivity contribution in [3.8, 4) is 11.1 Å². The summed E-state index contributed by atoms with van der Waals surface area (Å²) >= 11 is 0. The lowest BCUT2D eigenvalue weighted by Gasteiger charge is -2.48. The molecule has 0 aromatic heterocycles. The average molecular weight is 845 g/mol. The van der Waals surface area contributed by atoms with Crippen LogP contribution in [0.3, 0.4) is 0 Å². The topological polar surface area (TPSA) is 6.48 Å². The molecule has 0 radical (unpaired) electrons. The number of aryl methyl sites for hydroxylation is 1. The Bertz CT molecular complexity index is 2760. The van der Waals surface area contributed by atoms with Crippen LogP contribution in [0.15, 0.2) is 109 Å². The molecule has 2 heterocycles. The van der Waals surface area contributed by atoms with Gasteiger partial charge in [-0.25, -0.2) is 0 Å². The van der Waals surface area contributed by atoms with E-state index in [1.54, 1.807) is 0 Å². The van der Waals surface area contributed by atoms with E-state index in [0.29, 0.717) is 0 Å². The van der Waals surface area contributed by atoms with Gasteiger partial charge in [0, 0.05) is 34.1 Å². The Balaban J connectivity index is 1.44. The molecule has 0 saturated carbocycles. The zero-order valence-electron chi connectivity index (χ0n) is 42.3. The highest BCUT2D eigenvalue weighted by Gasteiger charge is 2.47. The Morgan fingerprint density at radius 3 is 1.28 bits per heavy atom. The lowest BCUT2D eigenvalue weighted by Crippen LogP contribution is -2.62. The number of nitrogens with zero attached hydrogens (tertiary/aromatic N) is 2. The Labute approximate surface area is 387 Å². The average Bonchev–Trinajstić information content (AvgIpc) is 3.20. The van der Waals surface area contributed by atoms with Crippen LogP contribution in [0.5, 0.6) is 0 Å². The van der Waals surface area contributed by atoms with Gasteiger partial charge in [-0.1, -0.05) is 171 Å². The predicted octanol–water partition coefficient (Wildman–Crippen LogP) is 15.3. The van der Waals surface area contributed by atoms with E-state index >= 15 is 0 Å². The number of benzene rings is 6. The van der Waals surface area contributed by atoms with Crippen molar-refractivity contribution in [2.45, 2.75) is 163 Å². The molecule has 3 aliphatic rings. The molecule has 0 bridgehead atoms. The second kappa shape index (κ2) is 14.5. The van der Waals surface area contributed by atoms with Crippen molar-refractivity contribution in [1.82, 2.24) is 0 Å². The molecule has 0 fully saturated rings. The molecular weight excluding hydrogens is 771 g/mol. The van der Waals surface area contributed by atoms with Gasteiger partial charge in [0.25, 0.3) is 6.71 Å². The molecule has 6 aromatic carbocycles. The van der Waals surface area contributed by atoms with E-state index in [2.05, 4.69) is 237 Å². The maximum absolute atomic E-state index is 2.69. The van der Waals surface area contributed by atoms with E-state index in [1.807, 2.05) is 0 Å². The van der Waals surface area contributed by atoms with Crippen LogP contribution >= 0.6 is 0 Å². The summed E-state index contributed by atoms with van der Waals surface area (Å²) in [6.07, 6.45) is 2.35. The van der Waals surface area contributed by atoms with E-state index < -0.39 is 0 Å². The van der Waals surface area contributed by atoms with Gasteiger partial charge in [-0.2, -0.15) is 0 Å². The first-order valence-electron chi connectivity index (χ1n) is 24.1. The van der Waals surface area contributed by atoms with Crippen LogP contribution in [0.1, 0.15) is 163 Å². The highest BCUT2D eigenvalue weighted by atomic mass is 15.2. The number of hydrogen-bond donors (Lipinski definition) is 0. The van der Waals surface area contributed by atoms with Gasteiger partial charge in [-0.3, -0.25) is 0 Å². The molecule has 0 unspecified atom stereocenters. The number of rotatable bonds is 3. The normalized spacial score (nSPS) is 16.5. The standard InChI is InChI=1S/C61H73BN2/c1-38-27-53-55-54(28-38)64(46-34-43(58(8,9)10)31-44(35-46)59(11,12)13)52-37-48-47(60(14,15)25-26-61(48,16)17)36-50(52)62(55)49-24-23-40(39-21-19-18-20-22-39)29-51(49)63(53)45-32-41(56(2,3)4)30-42(33-45)57(5,6)7/h18-24,27-37H,25-26H2,1-17H3. The Hall–Kier alpha value is -5.02. The van der Waals surface area contributed by atoms with Crippen LogP contribution in [0.4, 0.5) is 34.1 Å². The van der Waals surface area contributed by atoms with Gasteiger partial charge in [0.1, 0.15) is 0 Å². The Kier molecular flexibility index (Phi) is 10.0. The summed E-state index contributed by atoms with van der Waals surface area (Å²) in [7, 11) is 0. The third kappa shape index (κ3) is 7.44. The van der Waals surface area contributed by atoms with Crippen LogP contribution in [0, 0.1) is 6.92 Å². The van der Waals surface area contributed by atoms with Crippen LogP contribution < -0.4 is 26.2 Å². The van der Waals surface area contributed by atoms with E-state index in [1.165, 1.54) is 113 Å². The first-order valence-corrected chi connectivity index (χ1v) is 24.1. The van der Waals surface area contributed by atoms with Gasteiger partial charge in [-0.15, -0.1) is 0 Å². The van der Waals surface area contributed by atoms with Crippen LogP contribution in [-0.4, -0.2) is 6.71 Å². The lowest BCUT2D eigenvalue weighted by molar-refractivity contribution is 0.332. The van der Waals surface area contributed by atoms with Crippen LogP contribution in [-0.2, 0) is 32.5 Å². The van der Waals surface area contributed by atoms with Gasteiger partial charge >= 0.3 is 0 Å². The van der Waals surface area contributed by atoms with E-state index in [0.717, 1.165) is 0 Å². The molecule has 64 heavy (non-hydrogen) atoms. The fourth-order valence-corrected chi connectivity index (χ4v) is 10.8. The lowest BCUT2D eigenvalue weighted by atomic mass is 9.33. The van der Waals surface area contributed by atoms with Crippen molar-refractivity contribution >= 4 is 57.2 Å².